The van der Waals surface area contributed by atoms with E-state index in [1.54, 1.807) is 0 Å². The molecule has 2 aromatic carbocycles. The Labute approximate surface area is 200 Å². The van der Waals surface area contributed by atoms with E-state index in [0.29, 0.717) is 36.2 Å². The van der Waals surface area contributed by atoms with Gasteiger partial charge >= 0.3 is 6.36 Å². The van der Waals surface area contributed by atoms with Crippen LogP contribution in [0.15, 0.2) is 53.6 Å². The molecule has 3 unspecified atom stereocenters. The molecule has 7 nitrogen and oxygen atoms in total. The molecule has 2 aliphatic heterocycles. The molecular weight excluding hydrogens is 473 g/mol. The van der Waals surface area contributed by atoms with Gasteiger partial charge in [0.15, 0.2) is 0 Å². The third-order valence-electron chi connectivity index (χ3n) is 5.61. The van der Waals surface area contributed by atoms with Gasteiger partial charge in [0, 0.05) is 36.3 Å². The minimum Gasteiger partial charge on any atom is -0.449 e. The highest BCUT2D eigenvalue weighted by atomic mass is 35.5. The van der Waals surface area contributed by atoms with Crippen molar-refractivity contribution in [1.82, 2.24) is 15.6 Å². The van der Waals surface area contributed by atoms with Crippen LogP contribution in [0.4, 0.5) is 13.2 Å². The molecule has 2 aliphatic rings. The lowest BCUT2D eigenvalue weighted by Crippen LogP contribution is -2.50. The Kier molecular flexibility index (Phi) is 7.82. The number of morpholine rings is 1. The maximum atomic E-state index is 12.4. The van der Waals surface area contributed by atoms with E-state index in [-0.39, 0.29) is 17.8 Å². The number of halogens is 4. The second-order valence-corrected chi connectivity index (χ2v) is 8.54. The SMILES string of the molecule is CC(NC(CN1CCOCC1)C1=NNC(c2ccc(OC(F)(F)F)cc2)O1)c1ccc(Cl)cc1. The number of ether oxygens (including phenoxy) is 3. The van der Waals surface area contributed by atoms with Crippen molar-refractivity contribution in [3.8, 4) is 5.75 Å². The van der Waals surface area contributed by atoms with Gasteiger partial charge in [-0.05, 0) is 48.9 Å². The predicted molar refractivity (Wildman–Crippen MR) is 122 cm³/mol. The molecule has 4 rings (SSSR count). The number of alkyl halides is 3. The van der Waals surface area contributed by atoms with Gasteiger partial charge in [0.25, 0.3) is 0 Å². The van der Waals surface area contributed by atoms with Crippen molar-refractivity contribution >= 4 is 17.5 Å². The average molecular weight is 499 g/mol. The van der Waals surface area contributed by atoms with Crippen molar-refractivity contribution in [2.45, 2.75) is 31.6 Å². The van der Waals surface area contributed by atoms with Crippen molar-refractivity contribution in [1.29, 1.82) is 0 Å². The van der Waals surface area contributed by atoms with Gasteiger partial charge in [-0.2, -0.15) is 0 Å². The number of hydrazone groups is 1. The van der Waals surface area contributed by atoms with E-state index in [4.69, 9.17) is 21.1 Å². The third kappa shape index (κ3) is 6.75. The molecule has 0 amide bonds. The molecule has 2 heterocycles. The van der Waals surface area contributed by atoms with E-state index in [1.807, 2.05) is 24.3 Å². The standard InChI is InChI=1S/C23H26ClF3N4O3/c1-15(16-2-6-18(24)7-3-16)28-20(14-31-10-12-32-13-11-31)22-30-29-21(33-22)17-4-8-19(9-5-17)34-23(25,26)27/h2-9,15,20-21,28-29H,10-14H2,1H3. The summed E-state index contributed by atoms with van der Waals surface area (Å²) in [4.78, 5) is 2.28. The summed E-state index contributed by atoms with van der Waals surface area (Å²) in [5.41, 5.74) is 4.63. The lowest BCUT2D eigenvalue weighted by Gasteiger charge is -2.32. The topological polar surface area (TPSA) is 67.4 Å². The average Bonchev–Trinajstić information content (AvgIpc) is 3.29. The zero-order chi connectivity index (χ0) is 24.1. The monoisotopic (exact) mass is 498 g/mol. The third-order valence-corrected chi connectivity index (χ3v) is 5.86. The minimum atomic E-state index is -4.74. The van der Waals surface area contributed by atoms with Crippen LogP contribution in [0.1, 0.15) is 30.3 Å². The molecule has 3 atom stereocenters. The van der Waals surface area contributed by atoms with Crippen molar-refractivity contribution in [3.63, 3.8) is 0 Å². The van der Waals surface area contributed by atoms with E-state index >= 15 is 0 Å². The van der Waals surface area contributed by atoms with Crippen LogP contribution in [0.25, 0.3) is 0 Å². The molecule has 0 radical (unpaired) electrons. The van der Waals surface area contributed by atoms with Crippen molar-refractivity contribution in [3.05, 3.63) is 64.7 Å². The van der Waals surface area contributed by atoms with Gasteiger partial charge in [0.2, 0.25) is 12.1 Å². The van der Waals surface area contributed by atoms with Crippen molar-refractivity contribution in [2.24, 2.45) is 5.10 Å². The number of benzene rings is 2. The summed E-state index contributed by atoms with van der Waals surface area (Å²) in [5, 5.41) is 8.65. The molecule has 1 fully saturated rings. The maximum absolute atomic E-state index is 12.4. The number of nitrogens with zero attached hydrogens (tertiary/aromatic N) is 2. The smallest absolute Gasteiger partial charge is 0.449 e. The number of hydrogen-bond acceptors (Lipinski definition) is 7. The van der Waals surface area contributed by atoms with Gasteiger partial charge in [-0.15, -0.1) is 18.3 Å². The Bertz CT molecular complexity index is 967. The zero-order valence-corrected chi connectivity index (χ0v) is 19.3. The first-order chi connectivity index (χ1) is 16.3. The lowest BCUT2D eigenvalue weighted by atomic mass is 10.1. The van der Waals surface area contributed by atoms with E-state index in [1.165, 1.54) is 24.3 Å². The summed E-state index contributed by atoms with van der Waals surface area (Å²) in [6.45, 7) is 5.65. The van der Waals surface area contributed by atoms with Crippen LogP contribution < -0.4 is 15.5 Å². The summed E-state index contributed by atoms with van der Waals surface area (Å²) in [5.74, 6) is 0.187. The maximum Gasteiger partial charge on any atom is 0.573 e. The fourth-order valence-electron chi connectivity index (χ4n) is 3.84. The van der Waals surface area contributed by atoms with Crippen LogP contribution in [0.5, 0.6) is 5.75 Å². The van der Waals surface area contributed by atoms with Crippen LogP contribution >= 0.6 is 11.6 Å². The largest absolute Gasteiger partial charge is 0.573 e. The summed E-state index contributed by atoms with van der Waals surface area (Å²) in [6.07, 6.45) is -5.35. The molecule has 2 aromatic rings. The van der Waals surface area contributed by atoms with Crippen molar-refractivity contribution < 1.29 is 27.4 Å². The molecule has 0 aliphatic carbocycles. The lowest BCUT2D eigenvalue weighted by molar-refractivity contribution is -0.274. The van der Waals surface area contributed by atoms with E-state index in [9.17, 15) is 13.2 Å². The quantitative estimate of drug-likeness (QED) is 0.568. The number of hydrogen-bond donors (Lipinski definition) is 2. The molecule has 34 heavy (non-hydrogen) atoms. The highest BCUT2D eigenvalue weighted by Crippen LogP contribution is 2.27. The highest BCUT2D eigenvalue weighted by molar-refractivity contribution is 6.30. The van der Waals surface area contributed by atoms with Gasteiger partial charge in [0.05, 0.1) is 19.3 Å². The van der Waals surface area contributed by atoms with E-state index in [0.717, 1.165) is 18.7 Å². The first kappa shape index (κ1) is 24.6. The van der Waals surface area contributed by atoms with Crippen LogP contribution in [0.2, 0.25) is 5.02 Å². The number of nitrogens with one attached hydrogen (secondary N) is 2. The predicted octanol–water partition coefficient (Wildman–Crippen LogP) is 4.22. The Morgan fingerprint density at radius 3 is 2.47 bits per heavy atom. The fourth-order valence-corrected chi connectivity index (χ4v) is 3.96. The molecule has 2 N–H and O–H groups in total. The van der Waals surface area contributed by atoms with Crippen LogP contribution in [-0.2, 0) is 9.47 Å². The molecule has 1 saturated heterocycles. The van der Waals surface area contributed by atoms with Gasteiger partial charge in [-0.25, -0.2) is 0 Å². The van der Waals surface area contributed by atoms with Crippen LogP contribution in [0.3, 0.4) is 0 Å². The molecule has 11 heteroatoms. The molecule has 0 spiro atoms. The Balaban J connectivity index is 1.43. The van der Waals surface area contributed by atoms with E-state index < -0.39 is 12.6 Å². The van der Waals surface area contributed by atoms with E-state index in [2.05, 4.69) is 32.4 Å². The van der Waals surface area contributed by atoms with Crippen LogP contribution in [0, 0.1) is 0 Å². The fraction of sp³-hybridized carbons (Fsp3) is 0.435. The second kappa shape index (κ2) is 10.8. The minimum absolute atomic E-state index is 0.00698. The first-order valence-corrected chi connectivity index (χ1v) is 11.3. The van der Waals surface area contributed by atoms with Crippen LogP contribution in [-0.4, -0.2) is 56.0 Å². The molecule has 0 bridgehead atoms. The first-order valence-electron chi connectivity index (χ1n) is 10.9. The van der Waals surface area contributed by atoms with Gasteiger partial charge < -0.3 is 14.2 Å². The summed E-state index contributed by atoms with van der Waals surface area (Å²) in [7, 11) is 0. The molecule has 0 saturated carbocycles. The highest BCUT2D eigenvalue weighted by Gasteiger charge is 2.32. The second-order valence-electron chi connectivity index (χ2n) is 8.10. The summed E-state index contributed by atoms with van der Waals surface area (Å²) >= 11 is 6.02. The van der Waals surface area contributed by atoms with Crippen molar-refractivity contribution in [2.75, 3.05) is 32.8 Å². The zero-order valence-electron chi connectivity index (χ0n) is 18.5. The van der Waals surface area contributed by atoms with Gasteiger partial charge in [-0.3, -0.25) is 15.6 Å². The Hall–Kier alpha value is -2.53. The number of rotatable bonds is 8. The summed E-state index contributed by atoms with van der Waals surface area (Å²) in [6, 6.07) is 12.9. The molecule has 0 aromatic heterocycles. The Morgan fingerprint density at radius 1 is 1.15 bits per heavy atom. The molecule has 184 valence electrons. The normalized spacial score (nSPS) is 20.7. The summed E-state index contributed by atoms with van der Waals surface area (Å²) < 4.78 is 52.7. The Morgan fingerprint density at radius 2 is 1.82 bits per heavy atom. The van der Waals surface area contributed by atoms with Gasteiger partial charge in [0.1, 0.15) is 5.75 Å². The molecular formula is C23H26ClF3N4O3. The van der Waals surface area contributed by atoms with Gasteiger partial charge in [-0.1, -0.05) is 23.7 Å².